The van der Waals surface area contributed by atoms with Gasteiger partial charge in [0.15, 0.2) is 0 Å². The van der Waals surface area contributed by atoms with E-state index >= 15 is 0 Å². The Bertz CT molecular complexity index is 565. The molecule has 7 nitrogen and oxygen atoms in total. The molecule has 1 heterocycles. The van der Waals surface area contributed by atoms with Crippen molar-refractivity contribution in [1.29, 1.82) is 0 Å². The normalized spacial score (nSPS) is 15.2. The van der Waals surface area contributed by atoms with E-state index in [0.717, 1.165) is 26.2 Å². The van der Waals surface area contributed by atoms with Gasteiger partial charge < -0.3 is 15.0 Å². The maximum Gasteiger partial charge on any atom is 0.330 e. The van der Waals surface area contributed by atoms with Crippen LogP contribution >= 0.6 is 0 Å². The molecule has 1 saturated heterocycles. The average molecular weight is 291 g/mol. The molecule has 2 rings (SSSR count). The highest BCUT2D eigenvalue weighted by molar-refractivity contribution is 5.87. The molecular formula is C14H17N3O4. The first kappa shape index (κ1) is 15.0. The number of nitro groups is 1. The minimum absolute atomic E-state index is 0.0453. The van der Waals surface area contributed by atoms with E-state index in [0.29, 0.717) is 11.3 Å². The maximum absolute atomic E-state index is 11.3. The molecule has 0 radical (unpaired) electrons. The lowest BCUT2D eigenvalue weighted by Gasteiger charge is -2.29. The molecule has 1 fully saturated rings. The quantitative estimate of drug-likeness (QED) is 0.388. The number of hydrogen-bond donors (Lipinski definition) is 1. The fraction of sp³-hybridized carbons (Fsp3) is 0.357. The van der Waals surface area contributed by atoms with E-state index in [1.165, 1.54) is 25.3 Å². The Morgan fingerprint density at radius 2 is 2.14 bits per heavy atom. The summed E-state index contributed by atoms with van der Waals surface area (Å²) in [4.78, 5) is 23.9. The molecule has 1 aliphatic rings. The summed E-state index contributed by atoms with van der Waals surface area (Å²) >= 11 is 0. The third-order valence-electron chi connectivity index (χ3n) is 3.27. The monoisotopic (exact) mass is 291 g/mol. The highest BCUT2D eigenvalue weighted by atomic mass is 16.6. The SMILES string of the molecule is COC(=O)/C=C/c1ccc(N2CCNCC2)c([N+](=O)[O-])c1. The zero-order chi connectivity index (χ0) is 15.2. The summed E-state index contributed by atoms with van der Waals surface area (Å²) in [6, 6.07) is 4.95. The Labute approximate surface area is 122 Å². The highest BCUT2D eigenvalue weighted by Gasteiger charge is 2.21. The van der Waals surface area contributed by atoms with Crippen LogP contribution in [0.15, 0.2) is 24.3 Å². The topological polar surface area (TPSA) is 84.7 Å². The third-order valence-corrected chi connectivity index (χ3v) is 3.27. The van der Waals surface area contributed by atoms with Crippen molar-refractivity contribution in [2.75, 3.05) is 38.2 Å². The summed E-state index contributed by atoms with van der Waals surface area (Å²) in [5.41, 5.74) is 1.24. The second kappa shape index (κ2) is 6.85. The second-order valence-corrected chi connectivity index (χ2v) is 4.60. The van der Waals surface area contributed by atoms with Crippen LogP contribution < -0.4 is 10.2 Å². The predicted molar refractivity (Wildman–Crippen MR) is 79.2 cm³/mol. The van der Waals surface area contributed by atoms with Crippen molar-refractivity contribution in [2.24, 2.45) is 0 Å². The van der Waals surface area contributed by atoms with Crippen LogP contribution in [0.5, 0.6) is 0 Å². The van der Waals surface area contributed by atoms with Crippen LogP contribution in [-0.2, 0) is 9.53 Å². The summed E-state index contributed by atoms with van der Waals surface area (Å²) in [5.74, 6) is -0.496. The third kappa shape index (κ3) is 3.79. The average Bonchev–Trinajstić information content (AvgIpc) is 2.53. The summed E-state index contributed by atoms with van der Waals surface area (Å²) in [5, 5.41) is 14.5. The molecule has 0 amide bonds. The van der Waals surface area contributed by atoms with Gasteiger partial charge in [-0.25, -0.2) is 4.79 Å². The van der Waals surface area contributed by atoms with E-state index < -0.39 is 10.9 Å². The van der Waals surface area contributed by atoms with Crippen molar-refractivity contribution in [3.63, 3.8) is 0 Å². The molecule has 1 N–H and O–H groups in total. The lowest BCUT2D eigenvalue weighted by molar-refractivity contribution is -0.384. The van der Waals surface area contributed by atoms with Crippen LogP contribution in [0.25, 0.3) is 6.08 Å². The van der Waals surface area contributed by atoms with Crippen molar-refractivity contribution < 1.29 is 14.5 Å². The summed E-state index contributed by atoms with van der Waals surface area (Å²) in [6.45, 7) is 3.08. The number of nitrogens with zero attached hydrogens (tertiary/aromatic N) is 2. The van der Waals surface area contributed by atoms with Crippen LogP contribution in [0.1, 0.15) is 5.56 Å². The van der Waals surface area contributed by atoms with E-state index in [2.05, 4.69) is 10.1 Å². The van der Waals surface area contributed by atoms with Crippen LogP contribution in [0.2, 0.25) is 0 Å². The first-order valence-electron chi connectivity index (χ1n) is 6.62. The van der Waals surface area contributed by atoms with E-state index in [9.17, 15) is 14.9 Å². The molecule has 1 aliphatic heterocycles. The Hall–Kier alpha value is -2.41. The molecule has 0 aromatic heterocycles. The zero-order valence-corrected chi connectivity index (χ0v) is 11.7. The Morgan fingerprint density at radius 1 is 1.43 bits per heavy atom. The molecule has 0 aliphatic carbocycles. The molecule has 0 spiro atoms. The lowest BCUT2D eigenvalue weighted by atomic mass is 10.1. The van der Waals surface area contributed by atoms with Crippen molar-refractivity contribution in [2.45, 2.75) is 0 Å². The van der Waals surface area contributed by atoms with E-state index in [1.54, 1.807) is 12.1 Å². The number of hydrogen-bond acceptors (Lipinski definition) is 6. The van der Waals surface area contributed by atoms with Gasteiger partial charge in [0.2, 0.25) is 0 Å². The first-order chi connectivity index (χ1) is 10.1. The smallest absolute Gasteiger partial charge is 0.330 e. The highest BCUT2D eigenvalue weighted by Crippen LogP contribution is 2.29. The maximum atomic E-state index is 11.3. The molecular weight excluding hydrogens is 274 g/mol. The van der Waals surface area contributed by atoms with Crippen molar-refractivity contribution >= 4 is 23.4 Å². The number of carbonyl (C=O) groups is 1. The van der Waals surface area contributed by atoms with Gasteiger partial charge >= 0.3 is 5.97 Å². The zero-order valence-electron chi connectivity index (χ0n) is 11.7. The Kier molecular flexibility index (Phi) is 4.89. The predicted octanol–water partition coefficient (Wildman–Crippen LogP) is 1.19. The number of nitro benzene ring substituents is 1. The van der Waals surface area contributed by atoms with Gasteiger partial charge in [-0.15, -0.1) is 0 Å². The van der Waals surface area contributed by atoms with Gasteiger partial charge in [0.1, 0.15) is 5.69 Å². The van der Waals surface area contributed by atoms with Crippen molar-refractivity contribution in [3.8, 4) is 0 Å². The second-order valence-electron chi connectivity index (χ2n) is 4.60. The lowest BCUT2D eigenvalue weighted by Crippen LogP contribution is -2.43. The number of ether oxygens (including phenoxy) is 1. The van der Waals surface area contributed by atoms with Crippen LogP contribution in [0.4, 0.5) is 11.4 Å². The van der Waals surface area contributed by atoms with Gasteiger partial charge in [-0.05, 0) is 17.7 Å². The van der Waals surface area contributed by atoms with Gasteiger partial charge in [0, 0.05) is 38.3 Å². The number of piperazine rings is 1. The number of methoxy groups -OCH3 is 1. The number of rotatable bonds is 4. The van der Waals surface area contributed by atoms with Gasteiger partial charge in [-0.1, -0.05) is 6.07 Å². The van der Waals surface area contributed by atoms with Crippen molar-refractivity contribution in [3.05, 3.63) is 40.0 Å². The van der Waals surface area contributed by atoms with Crippen LogP contribution in [-0.4, -0.2) is 44.2 Å². The van der Waals surface area contributed by atoms with Crippen LogP contribution in [0.3, 0.4) is 0 Å². The first-order valence-corrected chi connectivity index (χ1v) is 6.62. The Morgan fingerprint density at radius 3 is 2.76 bits per heavy atom. The number of anilines is 1. The number of carbonyl (C=O) groups excluding carboxylic acids is 1. The molecule has 7 heteroatoms. The molecule has 0 unspecified atom stereocenters. The van der Waals surface area contributed by atoms with Crippen molar-refractivity contribution in [1.82, 2.24) is 5.32 Å². The fourth-order valence-corrected chi connectivity index (χ4v) is 2.20. The molecule has 0 saturated carbocycles. The number of benzene rings is 1. The van der Waals surface area contributed by atoms with E-state index in [4.69, 9.17) is 0 Å². The summed E-state index contributed by atoms with van der Waals surface area (Å²) in [7, 11) is 1.28. The summed E-state index contributed by atoms with van der Waals surface area (Å²) < 4.78 is 4.49. The molecule has 112 valence electrons. The number of esters is 1. The van der Waals surface area contributed by atoms with E-state index in [-0.39, 0.29) is 5.69 Å². The Balaban J connectivity index is 2.28. The summed E-state index contributed by atoms with van der Waals surface area (Å²) in [6.07, 6.45) is 2.74. The van der Waals surface area contributed by atoms with Gasteiger partial charge in [0.05, 0.1) is 12.0 Å². The standard InChI is InChI=1S/C14H17N3O4/c1-21-14(18)5-3-11-2-4-12(13(10-11)17(19)20)16-8-6-15-7-9-16/h2-5,10,15H,6-9H2,1H3/b5-3+. The van der Waals surface area contributed by atoms with Gasteiger partial charge in [-0.3, -0.25) is 10.1 Å². The minimum Gasteiger partial charge on any atom is -0.466 e. The molecule has 0 bridgehead atoms. The minimum atomic E-state index is -0.496. The largest absolute Gasteiger partial charge is 0.466 e. The fourth-order valence-electron chi connectivity index (χ4n) is 2.20. The van der Waals surface area contributed by atoms with Crippen LogP contribution in [0, 0.1) is 10.1 Å². The van der Waals surface area contributed by atoms with Gasteiger partial charge in [-0.2, -0.15) is 0 Å². The molecule has 21 heavy (non-hydrogen) atoms. The molecule has 1 aromatic rings. The van der Waals surface area contributed by atoms with E-state index in [1.807, 2.05) is 4.90 Å². The van der Waals surface area contributed by atoms with Gasteiger partial charge in [0.25, 0.3) is 5.69 Å². The molecule has 0 atom stereocenters. The molecule has 1 aromatic carbocycles. The number of nitrogens with one attached hydrogen (secondary N) is 1.